The van der Waals surface area contributed by atoms with Gasteiger partial charge in [0.2, 0.25) is 11.9 Å². The number of nitrogens with zero attached hydrogens (tertiary/aromatic N) is 4. The molecule has 2 heterocycles. The van der Waals surface area contributed by atoms with E-state index < -0.39 is 0 Å². The van der Waals surface area contributed by atoms with Crippen LogP contribution in [0.5, 0.6) is 0 Å². The second-order valence-electron chi connectivity index (χ2n) is 5.78. The average molecular weight is 321 g/mol. The molecule has 3 N–H and O–H groups in total. The fourth-order valence-corrected chi connectivity index (χ4v) is 3.06. The Kier molecular flexibility index (Phi) is 4.49. The Morgan fingerprint density at radius 1 is 1.32 bits per heavy atom. The van der Waals surface area contributed by atoms with E-state index in [1.54, 1.807) is 0 Å². The maximum atomic E-state index is 5.93. The molecule has 0 amide bonds. The number of rotatable bonds is 4. The number of aromatic nitrogens is 3. The highest BCUT2D eigenvalue weighted by molar-refractivity contribution is 6.30. The normalized spacial score (nSPS) is 16.4. The highest BCUT2D eigenvalue weighted by Crippen LogP contribution is 2.21. The molecule has 0 radical (unpaired) electrons. The third-order valence-corrected chi connectivity index (χ3v) is 4.48. The van der Waals surface area contributed by atoms with Gasteiger partial charge in [-0.25, -0.2) is 5.10 Å². The van der Waals surface area contributed by atoms with Gasteiger partial charge in [-0.2, -0.15) is 4.98 Å². The first kappa shape index (κ1) is 15.1. The quantitative estimate of drug-likeness (QED) is 0.903. The van der Waals surface area contributed by atoms with Crippen molar-refractivity contribution in [2.45, 2.75) is 25.4 Å². The van der Waals surface area contributed by atoms with Gasteiger partial charge in [0, 0.05) is 30.7 Å². The van der Waals surface area contributed by atoms with Crippen molar-refractivity contribution in [3.8, 4) is 0 Å². The van der Waals surface area contributed by atoms with Crippen molar-refractivity contribution in [2.75, 3.05) is 30.8 Å². The van der Waals surface area contributed by atoms with Crippen molar-refractivity contribution in [2.24, 2.45) is 0 Å². The van der Waals surface area contributed by atoms with Gasteiger partial charge in [0.05, 0.1) is 0 Å². The predicted molar refractivity (Wildman–Crippen MR) is 88.9 cm³/mol. The topological polar surface area (TPSA) is 74.1 Å². The Hall–Kier alpha value is -1.79. The molecule has 6 nitrogen and oxygen atoms in total. The minimum Gasteiger partial charge on any atom is -0.366 e. The van der Waals surface area contributed by atoms with Gasteiger partial charge in [0.1, 0.15) is 0 Å². The number of hydrogen-bond donors (Lipinski definition) is 2. The van der Waals surface area contributed by atoms with Crippen LogP contribution in [0.4, 0.5) is 11.9 Å². The molecule has 1 saturated heterocycles. The van der Waals surface area contributed by atoms with E-state index in [0.717, 1.165) is 43.4 Å². The van der Waals surface area contributed by atoms with Crippen LogP contribution in [0.15, 0.2) is 24.3 Å². The lowest BCUT2D eigenvalue weighted by Gasteiger charge is -2.36. The second kappa shape index (κ2) is 6.54. The Morgan fingerprint density at radius 2 is 2.00 bits per heavy atom. The molecule has 1 aliphatic heterocycles. The first-order valence-electron chi connectivity index (χ1n) is 7.49. The number of hydrogen-bond acceptors (Lipinski definition) is 5. The van der Waals surface area contributed by atoms with Crippen LogP contribution in [0.2, 0.25) is 5.02 Å². The molecule has 2 aromatic rings. The molecule has 3 rings (SSSR count). The lowest BCUT2D eigenvalue weighted by atomic mass is 10.0. The molecule has 0 bridgehead atoms. The van der Waals surface area contributed by atoms with Crippen LogP contribution in [0, 0.1) is 0 Å². The number of benzene rings is 1. The van der Waals surface area contributed by atoms with Crippen LogP contribution < -0.4 is 10.6 Å². The lowest BCUT2D eigenvalue weighted by molar-refractivity contribution is 0.200. The zero-order valence-electron chi connectivity index (χ0n) is 12.7. The molecule has 0 unspecified atom stereocenters. The molecular weight excluding hydrogens is 300 g/mol. The summed E-state index contributed by atoms with van der Waals surface area (Å²) in [6.07, 6.45) is 2.20. The van der Waals surface area contributed by atoms with E-state index in [2.05, 4.69) is 44.2 Å². The summed E-state index contributed by atoms with van der Waals surface area (Å²) in [5.41, 5.74) is 6.85. The van der Waals surface area contributed by atoms with E-state index in [1.807, 2.05) is 12.1 Å². The number of nitrogen functional groups attached to an aromatic ring is 1. The van der Waals surface area contributed by atoms with Crippen molar-refractivity contribution >= 4 is 23.5 Å². The van der Waals surface area contributed by atoms with Gasteiger partial charge in [-0.1, -0.05) is 23.7 Å². The molecule has 0 aliphatic carbocycles. The zero-order valence-corrected chi connectivity index (χ0v) is 13.4. The fraction of sp³-hybridized carbons (Fsp3) is 0.467. The van der Waals surface area contributed by atoms with Crippen molar-refractivity contribution in [1.82, 2.24) is 20.1 Å². The summed E-state index contributed by atoms with van der Waals surface area (Å²) in [7, 11) is 2.18. The lowest BCUT2D eigenvalue weighted by Crippen LogP contribution is -2.43. The molecule has 1 fully saturated rings. The molecular formula is C15H21ClN6. The third-order valence-electron chi connectivity index (χ3n) is 4.22. The Labute approximate surface area is 135 Å². The maximum Gasteiger partial charge on any atom is 0.241 e. The van der Waals surface area contributed by atoms with E-state index >= 15 is 0 Å². The highest BCUT2D eigenvalue weighted by atomic mass is 35.5. The van der Waals surface area contributed by atoms with Crippen LogP contribution in [0.25, 0.3) is 0 Å². The molecule has 7 heteroatoms. The molecule has 0 spiro atoms. The molecule has 0 saturated carbocycles. The van der Waals surface area contributed by atoms with Gasteiger partial charge in [0.25, 0.3) is 0 Å². The summed E-state index contributed by atoms with van der Waals surface area (Å²) in [4.78, 5) is 8.81. The minimum absolute atomic E-state index is 0.303. The Morgan fingerprint density at radius 3 is 2.59 bits per heavy atom. The van der Waals surface area contributed by atoms with Crippen LogP contribution in [-0.2, 0) is 6.54 Å². The van der Waals surface area contributed by atoms with Gasteiger partial charge in [0.15, 0.2) is 0 Å². The van der Waals surface area contributed by atoms with E-state index in [4.69, 9.17) is 17.3 Å². The van der Waals surface area contributed by atoms with Crippen molar-refractivity contribution in [1.29, 1.82) is 0 Å². The van der Waals surface area contributed by atoms with Gasteiger partial charge in [-0.3, -0.25) is 4.90 Å². The van der Waals surface area contributed by atoms with Gasteiger partial charge in [-0.05, 0) is 37.6 Å². The molecule has 1 aliphatic rings. The van der Waals surface area contributed by atoms with Crippen LogP contribution in [0.1, 0.15) is 18.4 Å². The van der Waals surface area contributed by atoms with E-state index in [9.17, 15) is 0 Å². The summed E-state index contributed by atoms with van der Waals surface area (Å²) >= 11 is 5.93. The standard InChI is InChI=1S/C15H21ClN6/c1-21(10-11-2-4-12(16)5-3-11)13-6-8-22(9-7-13)15-18-14(17)19-20-15/h2-5,13H,6-10H2,1H3,(H3,17,18,19,20). The predicted octanol–water partition coefficient (Wildman–Crippen LogP) is 2.14. The molecule has 118 valence electrons. The van der Waals surface area contributed by atoms with E-state index in [-0.39, 0.29) is 0 Å². The summed E-state index contributed by atoms with van der Waals surface area (Å²) in [6, 6.07) is 8.65. The monoisotopic (exact) mass is 320 g/mol. The van der Waals surface area contributed by atoms with Crippen LogP contribution in [0.3, 0.4) is 0 Å². The summed E-state index contributed by atoms with van der Waals surface area (Å²) in [6.45, 7) is 2.87. The van der Waals surface area contributed by atoms with Crippen molar-refractivity contribution in [3.63, 3.8) is 0 Å². The van der Waals surface area contributed by atoms with Crippen LogP contribution in [-0.4, -0.2) is 46.3 Å². The summed E-state index contributed by atoms with van der Waals surface area (Å²) < 4.78 is 0. The first-order valence-corrected chi connectivity index (χ1v) is 7.87. The first-order chi connectivity index (χ1) is 10.6. The van der Waals surface area contributed by atoms with Gasteiger partial charge < -0.3 is 10.6 Å². The van der Waals surface area contributed by atoms with Gasteiger partial charge in [-0.15, -0.1) is 5.10 Å². The maximum absolute atomic E-state index is 5.93. The largest absolute Gasteiger partial charge is 0.366 e. The van der Waals surface area contributed by atoms with Crippen molar-refractivity contribution in [3.05, 3.63) is 34.9 Å². The third kappa shape index (κ3) is 3.51. The Bertz CT molecular complexity index is 603. The molecule has 1 aromatic carbocycles. The fourth-order valence-electron chi connectivity index (χ4n) is 2.93. The number of H-pyrrole nitrogens is 1. The molecule has 22 heavy (non-hydrogen) atoms. The zero-order chi connectivity index (χ0) is 15.5. The summed E-state index contributed by atoms with van der Waals surface area (Å²) in [5.74, 6) is 1.08. The minimum atomic E-state index is 0.303. The number of anilines is 2. The second-order valence-corrected chi connectivity index (χ2v) is 6.21. The number of nitrogens with two attached hydrogens (primary N) is 1. The number of aromatic amines is 1. The average Bonchev–Trinajstić information content (AvgIpc) is 2.96. The Balaban J connectivity index is 1.53. The number of piperidine rings is 1. The van der Waals surface area contributed by atoms with E-state index in [1.165, 1.54) is 5.56 Å². The smallest absolute Gasteiger partial charge is 0.241 e. The van der Waals surface area contributed by atoms with Crippen LogP contribution >= 0.6 is 11.6 Å². The van der Waals surface area contributed by atoms with Crippen molar-refractivity contribution < 1.29 is 0 Å². The molecule has 0 atom stereocenters. The van der Waals surface area contributed by atoms with Gasteiger partial charge >= 0.3 is 0 Å². The summed E-state index contributed by atoms with van der Waals surface area (Å²) in [5, 5.41) is 7.55. The SMILES string of the molecule is CN(Cc1ccc(Cl)cc1)C1CCN(c2nc(N)n[nH]2)CC1. The highest BCUT2D eigenvalue weighted by Gasteiger charge is 2.24. The molecule has 1 aromatic heterocycles. The number of nitrogens with one attached hydrogen (secondary N) is 1. The number of halogens is 1. The van der Waals surface area contributed by atoms with E-state index in [0.29, 0.717) is 12.0 Å².